The van der Waals surface area contributed by atoms with Crippen LogP contribution in [0.15, 0.2) is 41.3 Å². The first-order valence-corrected chi connectivity index (χ1v) is 12.1. The highest BCUT2D eigenvalue weighted by atomic mass is 35.5. The Morgan fingerprint density at radius 1 is 0.938 bits per heavy atom. The summed E-state index contributed by atoms with van der Waals surface area (Å²) >= 11 is 6.14. The highest BCUT2D eigenvalue weighted by molar-refractivity contribution is 7.89. The molecule has 0 amide bonds. The fraction of sp³-hybridized carbons (Fsp3) is 0.364. The van der Waals surface area contributed by atoms with Crippen molar-refractivity contribution in [2.75, 3.05) is 32.9 Å². The number of hydrogen-bond donors (Lipinski definition) is 0. The summed E-state index contributed by atoms with van der Waals surface area (Å²) in [6, 6.07) is 8.64. The smallest absolute Gasteiger partial charge is 0.338 e. The fourth-order valence-electron chi connectivity index (χ4n) is 3.59. The average Bonchev–Trinajstić information content (AvgIpc) is 2.82. The summed E-state index contributed by atoms with van der Waals surface area (Å²) in [6.07, 6.45) is 2.53. The minimum atomic E-state index is -3.83. The topological polar surface area (TPSA) is 99.2 Å². The van der Waals surface area contributed by atoms with Gasteiger partial charge in [0, 0.05) is 18.7 Å². The fourth-order valence-corrected chi connectivity index (χ4v) is 5.60. The van der Waals surface area contributed by atoms with Crippen molar-refractivity contribution in [1.82, 2.24) is 4.31 Å². The third kappa shape index (κ3) is 4.74. The number of hydrogen-bond acceptors (Lipinski definition) is 7. The van der Waals surface area contributed by atoms with Crippen molar-refractivity contribution in [2.24, 2.45) is 0 Å². The van der Waals surface area contributed by atoms with E-state index in [1.807, 2.05) is 0 Å². The number of ether oxygens (including phenoxy) is 3. The highest BCUT2D eigenvalue weighted by Crippen LogP contribution is 2.31. The van der Waals surface area contributed by atoms with Crippen molar-refractivity contribution in [3.63, 3.8) is 0 Å². The predicted octanol–water partition coefficient (Wildman–Crippen LogP) is 3.33. The molecule has 2 aliphatic rings. The minimum Gasteiger partial charge on any atom is -0.486 e. The first-order chi connectivity index (χ1) is 15.4. The van der Waals surface area contributed by atoms with Crippen molar-refractivity contribution in [3.05, 3.63) is 52.5 Å². The molecule has 170 valence electrons. The van der Waals surface area contributed by atoms with Crippen LogP contribution < -0.4 is 9.47 Å². The molecule has 1 fully saturated rings. The Hall–Kier alpha value is -2.62. The molecule has 0 N–H and O–H groups in total. The SMILES string of the molecule is O=C(COC(=O)c1ccc(Cl)c(S(=O)(=O)N2CCCCC2)c1)c1ccc2c(c1)OCCO2. The van der Waals surface area contributed by atoms with E-state index in [2.05, 4.69) is 0 Å². The van der Waals surface area contributed by atoms with Crippen LogP contribution in [-0.2, 0) is 14.8 Å². The lowest BCUT2D eigenvalue weighted by molar-refractivity contribution is 0.0474. The van der Waals surface area contributed by atoms with E-state index in [0.29, 0.717) is 43.4 Å². The Labute approximate surface area is 191 Å². The van der Waals surface area contributed by atoms with E-state index in [-0.39, 0.29) is 15.5 Å². The molecule has 10 heteroatoms. The molecule has 1 saturated heterocycles. The quantitative estimate of drug-likeness (QED) is 0.463. The molecule has 0 bridgehead atoms. The number of nitrogens with zero attached hydrogens (tertiary/aromatic N) is 1. The molecule has 2 aromatic rings. The van der Waals surface area contributed by atoms with E-state index in [9.17, 15) is 18.0 Å². The number of piperidine rings is 1. The summed E-state index contributed by atoms with van der Waals surface area (Å²) < 4.78 is 43.3. The van der Waals surface area contributed by atoms with Gasteiger partial charge in [-0.1, -0.05) is 18.0 Å². The van der Waals surface area contributed by atoms with Gasteiger partial charge in [-0.05, 0) is 49.2 Å². The van der Waals surface area contributed by atoms with Gasteiger partial charge in [-0.15, -0.1) is 0 Å². The number of sulfonamides is 1. The molecular formula is C22H22ClNO7S. The van der Waals surface area contributed by atoms with E-state index in [1.54, 1.807) is 12.1 Å². The maximum atomic E-state index is 13.0. The zero-order valence-corrected chi connectivity index (χ0v) is 18.8. The van der Waals surface area contributed by atoms with Crippen LogP contribution in [0.4, 0.5) is 0 Å². The number of carbonyl (C=O) groups excluding carboxylic acids is 2. The number of Topliss-reactive ketones (excluding diaryl/α,β-unsaturated/α-hetero) is 1. The molecule has 32 heavy (non-hydrogen) atoms. The predicted molar refractivity (Wildman–Crippen MR) is 116 cm³/mol. The summed E-state index contributed by atoms with van der Waals surface area (Å²) in [6.45, 7) is 1.15. The second kappa shape index (κ2) is 9.48. The monoisotopic (exact) mass is 479 g/mol. The van der Waals surface area contributed by atoms with Crippen LogP contribution in [0.2, 0.25) is 5.02 Å². The van der Waals surface area contributed by atoms with Gasteiger partial charge >= 0.3 is 5.97 Å². The molecule has 0 atom stereocenters. The summed E-state index contributed by atoms with van der Waals surface area (Å²) in [5, 5.41) is 0.0273. The lowest BCUT2D eigenvalue weighted by atomic mass is 10.1. The molecule has 0 aromatic heterocycles. The first-order valence-electron chi connectivity index (χ1n) is 10.3. The molecule has 2 aromatic carbocycles. The molecule has 2 aliphatic heterocycles. The number of rotatable bonds is 6. The van der Waals surface area contributed by atoms with E-state index >= 15 is 0 Å². The van der Waals surface area contributed by atoms with Crippen LogP contribution in [0.5, 0.6) is 11.5 Å². The third-order valence-electron chi connectivity index (χ3n) is 5.30. The van der Waals surface area contributed by atoms with Gasteiger partial charge < -0.3 is 14.2 Å². The van der Waals surface area contributed by atoms with Crippen molar-refractivity contribution >= 4 is 33.4 Å². The Morgan fingerprint density at radius 2 is 1.62 bits per heavy atom. The van der Waals surface area contributed by atoms with E-state index < -0.39 is 28.4 Å². The average molecular weight is 480 g/mol. The van der Waals surface area contributed by atoms with Gasteiger partial charge in [-0.3, -0.25) is 4.79 Å². The third-order valence-corrected chi connectivity index (χ3v) is 7.68. The maximum absolute atomic E-state index is 13.0. The molecule has 2 heterocycles. The number of esters is 1. The van der Waals surface area contributed by atoms with Gasteiger partial charge in [0.25, 0.3) is 0 Å². The molecular weight excluding hydrogens is 458 g/mol. The van der Waals surface area contributed by atoms with Crippen molar-refractivity contribution < 1.29 is 32.2 Å². The lowest BCUT2D eigenvalue weighted by Crippen LogP contribution is -2.35. The highest BCUT2D eigenvalue weighted by Gasteiger charge is 2.29. The molecule has 4 rings (SSSR count). The standard InChI is InChI=1S/C22H22ClNO7S/c23-17-6-4-16(13-21(17)32(27,28)24-8-2-1-3-9-24)22(26)31-14-18(25)15-5-7-19-20(12-15)30-11-10-29-19/h4-7,12-13H,1-3,8-11,14H2. The van der Waals surface area contributed by atoms with Crippen LogP contribution in [0, 0.1) is 0 Å². The normalized spacial score (nSPS) is 16.4. The first kappa shape index (κ1) is 22.6. The van der Waals surface area contributed by atoms with Gasteiger partial charge in [0.15, 0.2) is 23.9 Å². The largest absolute Gasteiger partial charge is 0.486 e. The molecule has 8 nitrogen and oxygen atoms in total. The number of ketones is 1. The van der Waals surface area contributed by atoms with Crippen LogP contribution in [0.25, 0.3) is 0 Å². The number of carbonyl (C=O) groups is 2. The Kier molecular flexibility index (Phi) is 6.68. The molecule has 0 saturated carbocycles. The van der Waals surface area contributed by atoms with Crippen molar-refractivity contribution in [3.8, 4) is 11.5 Å². The van der Waals surface area contributed by atoms with Gasteiger partial charge in [-0.2, -0.15) is 4.31 Å². The summed E-state index contributed by atoms with van der Waals surface area (Å²) in [7, 11) is -3.83. The summed E-state index contributed by atoms with van der Waals surface area (Å²) in [4.78, 5) is 24.8. The number of benzene rings is 2. The Bertz CT molecular complexity index is 1140. The number of fused-ring (bicyclic) bond motifs is 1. The van der Waals surface area contributed by atoms with Gasteiger partial charge in [-0.25, -0.2) is 13.2 Å². The van der Waals surface area contributed by atoms with Crippen molar-refractivity contribution in [2.45, 2.75) is 24.2 Å². The van der Waals surface area contributed by atoms with Crippen LogP contribution >= 0.6 is 11.6 Å². The van der Waals surface area contributed by atoms with E-state index in [0.717, 1.165) is 19.3 Å². The minimum absolute atomic E-state index is 0.0000382. The molecule has 0 radical (unpaired) electrons. The second-order valence-electron chi connectivity index (χ2n) is 7.47. The Balaban J connectivity index is 1.45. The van der Waals surface area contributed by atoms with Gasteiger partial charge in [0.2, 0.25) is 10.0 Å². The summed E-state index contributed by atoms with van der Waals surface area (Å²) in [5.41, 5.74) is 0.312. The Morgan fingerprint density at radius 3 is 2.38 bits per heavy atom. The second-order valence-corrected chi connectivity index (χ2v) is 9.78. The van der Waals surface area contributed by atoms with Gasteiger partial charge in [0.1, 0.15) is 18.1 Å². The van der Waals surface area contributed by atoms with E-state index in [4.69, 9.17) is 25.8 Å². The molecule has 0 unspecified atom stereocenters. The van der Waals surface area contributed by atoms with Crippen LogP contribution in [0.3, 0.4) is 0 Å². The zero-order valence-electron chi connectivity index (χ0n) is 17.2. The maximum Gasteiger partial charge on any atom is 0.338 e. The molecule has 0 aliphatic carbocycles. The lowest BCUT2D eigenvalue weighted by Gasteiger charge is -2.26. The van der Waals surface area contributed by atoms with Crippen LogP contribution in [0.1, 0.15) is 40.0 Å². The van der Waals surface area contributed by atoms with Crippen LogP contribution in [-0.4, -0.2) is 57.4 Å². The summed E-state index contributed by atoms with van der Waals surface area (Å²) in [5.74, 6) is -0.236. The molecule has 0 spiro atoms. The van der Waals surface area contributed by atoms with E-state index in [1.165, 1.54) is 28.6 Å². The van der Waals surface area contributed by atoms with Crippen molar-refractivity contribution in [1.29, 1.82) is 0 Å². The number of halogens is 1. The van der Waals surface area contributed by atoms with Gasteiger partial charge in [0.05, 0.1) is 10.6 Å². The zero-order chi connectivity index (χ0) is 22.7.